The summed E-state index contributed by atoms with van der Waals surface area (Å²) in [6.45, 7) is 0.434. The van der Waals surface area contributed by atoms with Crippen molar-refractivity contribution in [2.45, 2.75) is 6.54 Å². The van der Waals surface area contributed by atoms with Crippen molar-refractivity contribution in [3.63, 3.8) is 0 Å². The third kappa shape index (κ3) is 3.95. The van der Waals surface area contributed by atoms with Crippen molar-refractivity contribution in [2.24, 2.45) is 0 Å². The molecule has 0 fully saturated rings. The topological polar surface area (TPSA) is 64.1 Å². The van der Waals surface area contributed by atoms with E-state index in [1.807, 2.05) is 48.5 Å². The van der Waals surface area contributed by atoms with Gasteiger partial charge in [0.05, 0.1) is 30.0 Å². The summed E-state index contributed by atoms with van der Waals surface area (Å²) < 4.78 is 5.16. The highest BCUT2D eigenvalue weighted by molar-refractivity contribution is 5.91. The van der Waals surface area contributed by atoms with Crippen LogP contribution in [0.15, 0.2) is 60.8 Å². The number of ether oxygens (including phenoxy) is 1. The number of nitrogens with zero attached hydrogens (tertiary/aromatic N) is 2. The van der Waals surface area contributed by atoms with E-state index in [-0.39, 0.29) is 5.91 Å². The van der Waals surface area contributed by atoms with Crippen LogP contribution < -0.4 is 10.1 Å². The minimum absolute atomic E-state index is 0.187. The highest BCUT2D eigenvalue weighted by Gasteiger charge is 2.00. The van der Waals surface area contributed by atoms with Crippen molar-refractivity contribution in [1.29, 1.82) is 0 Å². The zero-order chi connectivity index (χ0) is 16.8. The molecule has 0 saturated carbocycles. The molecule has 3 rings (SSSR count). The SMILES string of the molecule is COc1cccc(CNC(=O)/C=C/c2cnc3ccccc3n2)c1. The van der Waals surface area contributed by atoms with E-state index in [2.05, 4.69) is 15.3 Å². The number of para-hydroxylation sites is 2. The Balaban J connectivity index is 1.61. The van der Waals surface area contributed by atoms with Crippen molar-refractivity contribution in [2.75, 3.05) is 7.11 Å². The van der Waals surface area contributed by atoms with Gasteiger partial charge in [0, 0.05) is 12.6 Å². The molecule has 0 atom stereocenters. The monoisotopic (exact) mass is 319 g/mol. The summed E-state index contributed by atoms with van der Waals surface area (Å²) in [6, 6.07) is 15.2. The lowest BCUT2D eigenvalue weighted by molar-refractivity contribution is -0.116. The van der Waals surface area contributed by atoms with Gasteiger partial charge < -0.3 is 10.1 Å². The zero-order valence-electron chi connectivity index (χ0n) is 13.3. The average Bonchev–Trinajstić information content (AvgIpc) is 2.64. The summed E-state index contributed by atoms with van der Waals surface area (Å²) in [5.74, 6) is 0.580. The fourth-order valence-corrected chi connectivity index (χ4v) is 2.24. The van der Waals surface area contributed by atoms with Gasteiger partial charge in [-0.2, -0.15) is 0 Å². The predicted octanol–water partition coefficient (Wildman–Crippen LogP) is 2.97. The smallest absolute Gasteiger partial charge is 0.244 e. The fraction of sp³-hybridized carbons (Fsp3) is 0.105. The summed E-state index contributed by atoms with van der Waals surface area (Å²) in [5, 5.41) is 2.83. The third-order valence-corrected chi connectivity index (χ3v) is 3.47. The van der Waals surface area contributed by atoms with E-state index in [0.717, 1.165) is 22.3 Å². The first-order valence-corrected chi connectivity index (χ1v) is 7.55. The maximum Gasteiger partial charge on any atom is 0.244 e. The first-order valence-electron chi connectivity index (χ1n) is 7.55. The number of benzene rings is 2. The summed E-state index contributed by atoms with van der Waals surface area (Å²) in [5.41, 5.74) is 3.25. The second-order valence-corrected chi connectivity index (χ2v) is 5.19. The van der Waals surface area contributed by atoms with E-state index in [9.17, 15) is 4.79 Å². The van der Waals surface area contributed by atoms with Crippen LogP contribution in [0.5, 0.6) is 5.75 Å². The summed E-state index contributed by atoms with van der Waals surface area (Å²) in [6.07, 6.45) is 4.76. The van der Waals surface area contributed by atoms with Crippen LogP contribution in [-0.2, 0) is 11.3 Å². The number of hydrogen-bond acceptors (Lipinski definition) is 4. The molecule has 0 radical (unpaired) electrons. The van der Waals surface area contributed by atoms with Crippen molar-refractivity contribution >= 4 is 23.0 Å². The highest BCUT2D eigenvalue weighted by atomic mass is 16.5. The van der Waals surface area contributed by atoms with Gasteiger partial charge in [0.25, 0.3) is 0 Å². The van der Waals surface area contributed by atoms with Crippen LogP contribution in [-0.4, -0.2) is 23.0 Å². The Morgan fingerprint density at radius 3 is 2.83 bits per heavy atom. The van der Waals surface area contributed by atoms with E-state index < -0.39 is 0 Å². The van der Waals surface area contributed by atoms with Crippen LogP contribution in [0.2, 0.25) is 0 Å². The van der Waals surface area contributed by atoms with E-state index >= 15 is 0 Å². The van der Waals surface area contributed by atoms with E-state index in [0.29, 0.717) is 12.2 Å². The van der Waals surface area contributed by atoms with Crippen molar-refractivity contribution in [3.05, 3.63) is 72.1 Å². The number of rotatable bonds is 5. The molecule has 120 valence electrons. The molecule has 1 aromatic heterocycles. The molecule has 5 nitrogen and oxygen atoms in total. The van der Waals surface area contributed by atoms with Gasteiger partial charge in [-0.15, -0.1) is 0 Å². The number of hydrogen-bond donors (Lipinski definition) is 1. The number of nitrogens with one attached hydrogen (secondary N) is 1. The second kappa shape index (κ2) is 7.37. The molecule has 0 bridgehead atoms. The highest BCUT2D eigenvalue weighted by Crippen LogP contribution is 2.12. The van der Waals surface area contributed by atoms with Crippen molar-refractivity contribution in [3.8, 4) is 5.75 Å². The lowest BCUT2D eigenvalue weighted by Crippen LogP contribution is -2.20. The molecule has 0 aliphatic carbocycles. The van der Waals surface area contributed by atoms with Crippen LogP contribution in [0, 0.1) is 0 Å². The summed E-state index contributed by atoms with van der Waals surface area (Å²) in [4.78, 5) is 20.7. The van der Waals surface area contributed by atoms with Gasteiger partial charge in [0.1, 0.15) is 5.75 Å². The normalized spacial score (nSPS) is 10.9. The van der Waals surface area contributed by atoms with Crippen LogP contribution in [0.3, 0.4) is 0 Å². The number of methoxy groups -OCH3 is 1. The first-order chi connectivity index (χ1) is 11.7. The Kier molecular flexibility index (Phi) is 4.81. The molecule has 1 amide bonds. The first kappa shape index (κ1) is 15.7. The van der Waals surface area contributed by atoms with Crippen LogP contribution in [0.1, 0.15) is 11.3 Å². The molecule has 0 unspecified atom stereocenters. The Bertz CT molecular complexity index is 890. The molecule has 0 saturated heterocycles. The van der Waals surface area contributed by atoms with Crippen LogP contribution in [0.25, 0.3) is 17.1 Å². The molecular weight excluding hydrogens is 302 g/mol. The Morgan fingerprint density at radius 1 is 1.17 bits per heavy atom. The number of fused-ring (bicyclic) bond motifs is 1. The molecule has 24 heavy (non-hydrogen) atoms. The lowest BCUT2D eigenvalue weighted by atomic mass is 10.2. The lowest BCUT2D eigenvalue weighted by Gasteiger charge is -2.05. The molecule has 1 N–H and O–H groups in total. The fourth-order valence-electron chi connectivity index (χ4n) is 2.24. The third-order valence-electron chi connectivity index (χ3n) is 3.47. The summed E-state index contributed by atoms with van der Waals surface area (Å²) >= 11 is 0. The number of aromatic nitrogens is 2. The molecule has 1 heterocycles. The second-order valence-electron chi connectivity index (χ2n) is 5.19. The van der Waals surface area contributed by atoms with Crippen LogP contribution >= 0.6 is 0 Å². The maximum absolute atomic E-state index is 11.9. The zero-order valence-corrected chi connectivity index (χ0v) is 13.3. The largest absolute Gasteiger partial charge is 0.497 e. The molecule has 0 spiro atoms. The molecule has 0 aliphatic rings. The van der Waals surface area contributed by atoms with E-state index in [1.165, 1.54) is 6.08 Å². The van der Waals surface area contributed by atoms with Gasteiger partial charge in [-0.05, 0) is 35.9 Å². The summed E-state index contributed by atoms with van der Waals surface area (Å²) in [7, 11) is 1.62. The molecule has 5 heteroatoms. The van der Waals surface area contributed by atoms with E-state index in [1.54, 1.807) is 19.4 Å². The van der Waals surface area contributed by atoms with E-state index in [4.69, 9.17) is 4.74 Å². The van der Waals surface area contributed by atoms with Gasteiger partial charge >= 0.3 is 0 Å². The quantitative estimate of drug-likeness (QED) is 0.734. The van der Waals surface area contributed by atoms with Gasteiger partial charge in [-0.1, -0.05) is 24.3 Å². The van der Waals surface area contributed by atoms with Gasteiger partial charge in [0.2, 0.25) is 5.91 Å². The number of carbonyl (C=O) groups is 1. The average molecular weight is 319 g/mol. The van der Waals surface area contributed by atoms with Crippen LogP contribution in [0.4, 0.5) is 0 Å². The molecule has 3 aromatic rings. The van der Waals surface area contributed by atoms with Gasteiger partial charge in [-0.3, -0.25) is 9.78 Å². The number of amides is 1. The minimum Gasteiger partial charge on any atom is -0.497 e. The van der Waals surface area contributed by atoms with Gasteiger partial charge in [0.15, 0.2) is 0 Å². The Hall–Kier alpha value is -3.21. The van der Waals surface area contributed by atoms with Crippen molar-refractivity contribution < 1.29 is 9.53 Å². The predicted molar refractivity (Wildman–Crippen MR) is 93.4 cm³/mol. The Morgan fingerprint density at radius 2 is 2.00 bits per heavy atom. The Labute approximate surface area is 140 Å². The van der Waals surface area contributed by atoms with Crippen molar-refractivity contribution in [1.82, 2.24) is 15.3 Å². The molecule has 0 aliphatic heterocycles. The van der Waals surface area contributed by atoms with Gasteiger partial charge in [-0.25, -0.2) is 4.98 Å². The number of carbonyl (C=O) groups excluding carboxylic acids is 1. The molecular formula is C19H17N3O2. The molecule has 2 aromatic carbocycles. The maximum atomic E-state index is 11.9. The minimum atomic E-state index is -0.187. The standard InChI is InChI=1S/C19H17N3O2/c1-24-16-6-4-5-14(11-16)12-21-19(23)10-9-15-13-20-17-7-2-3-8-18(17)22-15/h2-11,13H,12H2,1H3,(H,21,23)/b10-9+.